The normalized spacial score (nSPS) is 14.5. The maximum atomic E-state index is 13.2. The molecule has 0 bridgehead atoms. The van der Waals surface area contributed by atoms with Crippen molar-refractivity contribution in [1.29, 1.82) is 0 Å². The van der Waals surface area contributed by atoms with Crippen molar-refractivity contribution in [3.63, 3.8) is 0 Å². The van der Waals surface area contributed by atoms with Gasteiger partial charge >= 0.3 is 15.2 Å². The molecule has 0 radical (unpaired) electrons. The third-order valence-electron chi connectivity index (χ3n) is 5.06. The van der Waals surface area contributed by atoms with E-state index in [4.69, 9.17) is 18.1 Å². The van der Waals surface area contributed by atoms with E-state index in [0.717, 1.165) is 0 Å². The monoisotopic (exact) mass is 520 g/mol. The summed E-state index contributed by atoms with van der Waals surface area (Å²) in [5.41, 5.74) is 0.917. The number of hydrogen-bond acceptors (Lipinski definition) is 8. The lowest BCUT2D eigenvalue weighted by molar-refractivity contribution is -0.510. The van der Waals surface area contributed by atoms with Crippen LogP contribution in [0, 0.1) is 10.4 Å². The molecule has 0 aromatic heterocycles. The van der Waals surface area contributed by atoms with Crippen LogP contribution in [0.2, 0.25) is 0 Å². The second-order valence-corrected chi connectivity index (χ2v) is 13.4. The Morgan fingerprint density at radius 2 is 1.03 bits per heavy atom. The van der Waals surface area contributed by atoms with Crippen LogP contribution >= 0.6 is 15.2 Å². The fraction of sp³-hybridized carbons (Fsp3) is 0.636. The predicted molar refractivity (Wildman–Crippen MR) is 134 cm³/mol. The van der Waals surface area contributed by atoms with Crippen LogP contribution in [-0.4, -0.2) is 58.9 Å². The summed E-state index contributed by atoms with van der Waals surface area (Å²) in [6.45, 7) is 13.1. The highest BCUT2D eigenvalue weighted by Crippen LogP contribution is 2.60. The summed E-state index contributed by atoms with van der Waals surface area (Å²) in [4.78, 5) is 0. The zero-order chi connectivity index (χ0) is 26.2. The van der Waals surface area contributed by atoms with Gasteiger partial charge in [0.2, 0.25) is 0 Å². The SMILES string of the molecule is CCOP(=O)(OCC)C(C)(C)[N+]([O-])=Cc1cccc(C=[N+]([O-])C(C)(C)P(=O)(OCC)OCC)c1. The van der Waals surface area contributed by atoms with Crippen molar-refractivity contribution in [3.05, 3.63) is 45.8 Å². The van der Waals surface area contributed by atoms with Crippen LogP contribution in [0.1, 0.15) is 66.5 Å². The molecule has 0 aliphatic rings. The van der Waals surface area contributed by atoms with E-state index in [1.54, 1.807) is 52.0 Å². The minimum atomic E-state index is -3.75. The van der Waals surface area contributed by atoms with Crippen molar-refractivity contribution in [2.24, 2.45) is 0 Å². The van der Waals surface area contributed by atoms with Crippen molar-refractivity contribution in [2.45, 2.75) is 65.9 Å². The number of rotatable bonds is 14. The van der Waals surface area contributed by atoms with Gasteiger partial charge in [-0.1, -0.05) is 6.07 Å². The number of hydroxylamine groups is 2. The van der Waals surface area contributed by atoms with Crippen LogP contribution in [0.25, 0.3) is 0 Å². The van der Waals surface area contributed by atoms with Crippen LogP contribution in [0.4, 0.5) is 0 Å². The molecule has 0 spiro atoms. The summed E-state index contributed by atoms with van der Waals surface area (Å²) < 4.78 is 48.8. The van der Waals surface area contributed by atoms with Gasteiger partial charge in [0.1, 0.15) is 0 Å². The second-order valence-electron chi connectivity index (χ2n) is 8.23. The molecule has 1 aromatic rings. The van der Waals surface area contributed by atoms with Crippen molar-refractivity contribution < 1.29 is 36.7 Å². The number of benzene rings is 1. The van der Waals surface area contributed by atoms with E-state index in [9.17, 15) is 19.5 Å². The van der Waals surface area contributed by atoms with E-state index in [0.29, 0.717) is 20.6 Å². The molecule has 1 aromatic carbocycles. The first-order valence-electron chi connectivity index (χ1n) is 11.3. The largest absolute Gasteiger partial charge is 0.623 e. The highest BCUT2D eigenvalue weighted by molar-refractivity contribution is 7.55. The number of hydrogen-bond donors (Lipinski definition) is 0. The topological polar surface area (TPSA) is 123 Å². The maximum Gasteiger partial charge on any atom is 0.401 e. The second kappa shape index (κ2) is 12.4. The van der Waals surface area contributed by atoms with E-state index in [-0.39, 0.29) is 26.4 Å². The Hall–Kier alpha value is -1.54. The molecule has 0 fully saturated rings. The van der Waals surface area contributed by atoms with E-state index in [1.807, 2.05) is 0 Å². The van der Waals surface area contributed by atoms with Gasteiger partial charge in [-0.3, -0.25) is 9.13 Å². The molecule has 34 heavy (non-hydrogen) atoms. The maximum absolute atomic E-state index is 13.2. The Morgan fingerprint density at radius 3 is 1.29 bits per heavy atom. The highest BCUT2D eigenvalue weighted by atomic mass is 31.2. The zero-order valence-electron chi connectivity index (χ0n) is 21.3. The Kier molecular flexibility index (Phi) is 11.1. The molecule has 0 atom stereocenters. The molecule has 0 aliphatic carbocycles. The van der Waals surface area contributed by atoms with Crippen LogP contribution in [0.5, 0.6) is 0 Å². The summed E-state index contributed by atoms with van der Waals surface area (Å²) in [6.07, 6.45) is 2.52. The summed E-state index contributed by atoms with van der Waals surface area (Å²) in [6, 6.07) is 6.58. The van der Waals surface area contributed by atoms with E-state index >= 15 is 0 Å². The molecular weight excluding hydrogens is 482 g/mol. The van der Waals surface area contributed by atoms with E-state index in [2.05, 4.69) is 0 Å². The first-order chi connectivity index (χ1) is 15.7. The van der Waals surface area contributed by atoms with Gasteiger partial charge in [0, 0.05) is 38.8 Å². The fourth-order valence-corrected chi connectivity index (χ4v) is 6.30. The Bertz CT molecular complexity index is 882. The highest BCUT2D eigenvalue weighted by Gasteiger charge is 2.52. The molecule has 0 amide bonds. The van der Waals surface area contributed by atoms with Crippen molar-refractivity contribution >= 4 is 27.6 Å². The van der Waals surface area contributed by atoms with Gasteiger partial charge in [-0.25, -0.2) is 0 Å². The van der Waals surface area contributed by atoms with Gasteiger partial charge in [0.05, 0.1) is 26.4 Å². The first-order valence-corrected chi connectivity index (χ1v) is 14.3. The van der Waals surface area contributed by atoms with Crippen molar-refractivity contribution in [2.75, 3.05) is 26.4 Å². The molecule has 0 unspecified atom stereocenters. The quantitative estimate of drug-likeness (QED) is 0.103. The van der Waals surface area contributed by atoms with Gasteiger partial charge < -0.3 is 28.5 Å². The van der Waals surface area contributed by atoms with Gasteiger partial charge in [-0.15, -0.1) is 0 Å². The lowest BCUT2D eigenvalue weighted by atomic mass is 10.1. The Balaban J connectivity index is 3.37. The number of nitrogens with zero attached hydrogens (tertiary/aromatic N) is 2. The van der Waals surface area contributed by atoms with Gasteiger partial charge in [0.15, 0.2) is 12.4 Å². The molecule has 0 N–H and O–H groups in total. The average molecular weight is 521 g/mol. The van der Waals surface area contributed by atoms with Crippen molar-refractivity contribution in [3.8, 4) is 0 Å². The smallest absolute Gasteiger partial charge is 0.401 e. The average Bonchev–Trinajstić information content (AvgIpc) is 2.74. The minimum absolute atomic E-state index is 0.126. The lowest BCUT2D eigenvalue weighted by Crippen LogP contribution is -2.35. The standard InChI is InChI=1S/C22H38N2O8P2/c1-9-29-33(27,30-10-2)21(5,6)23(25)17-19-14-13-15-20(16-19)18-24(26)22(7,8)34(28,31-11-3)32-12-4/h13-18H,9-12H2,1-8H3. The summed E-state index contributed by atoms with van der Waals surface area (Å²) >= 11 is 0. The molecular formula is C22H38N2O8P2. The third kappa shape index (κ3) is 6.78. The molecule has 0 saturated carbocycles. The summed E-state index contributed by atoms with van der Waals surface area (Å²) in [5.74, 6) is 0. The Morgan fingerprint density at radius 1 is 0.735 bits per heavy atom. The van der Waals surface area contributed by atoms with Crippen LogP contribution in [0.15, 0.2) is 24.3 Å². The minimum Gasteiger partial charge on any atom is -0.623 e. The van der Waals surface area contributed by atoms with Gasteiger partial charge in [0.25, 0.3) is 10.6 Å². The Labute approximate surface area is 202 Å². The molecule has 0 aliphatic heterocycles. The molecule has 1 rings (SSSR count). The van der Waals surface area contributed by atoms with Gasteiger partial charge in [-0.2, -0.15) is 9.48 Å². The lowest BCUT2D eigenvalue weighted by Gasteiger charge is -2.30. The third-order valence-corrected chi connectivity index (χ3v) is 10.5. The molecule has 0 heterocycles. The fourth-order valence-electron chi connectivity index (χ4n) is 2.93. The zero-order valence-corrected chi connectivity index (χ0v) is 23.1. The summed E-state index contributed by atoms with van der Waals surface area (Å²) in [5, 5.41) is 23.0. The predicted octanol–water partition coefficient (Wildman–Crippen LogP) is 5.55. The van der Waals surface area contributed by atoms with Crippen LogP contribution < -0.4 is 0 Å². The molecule has 12 heteroatoms. The summed E-state index contributed by atoms with van der Waals surface area (Å²) in [7, 11) is -7.49. The van der Waals surface area contributed by atoms with E-state index < -0.39 is 25.8 Å². The van der Waals surface area contributed by atoms with Gasteiger partial charge in [-0.05, 0) is 45.9 Å². The molecule has 0 saturated heterocycles. The first kappa shape index (κ1) is 30.5. The van der Waals surface area contributed by atoms with E-state index in [1.165, 1.54) is 40.1 Å². The molecule has 10 nitrogen and oxygen atoms in total. The van der Waals surface area contributed by atoms with Crippen LogP contribution in [-0.2, 0) is 27.2 Å². The van der Waals surface area contributed by atoms with Crippen LogP contribution in [0.3, 0.4) is 0 Å². The molecule has 194 valence electrons. The van der Waals surface area contributed by atoms with Crippen molar-refractivity contribution in [1.82, 2.24) is 0 Å².